The molecule has 2 aromatic rings. The van der Waals surface area contributed by atoms with Crippen molar-refractivity contribution in [3.8, 4) is 0 Å². The molecule has 0 bridgehead atoms. The van der Waals surface area contributed by atoms with E-state index in [0.29, 0.717) is 0 Å². The SMILES string of the molecule is Cc1cc(S(=O)(=O)Nc2cccc(NS(C)(=O)=O)c2)ccc1Br. The van der Waals surface area contributed by atoms with Gasteiger partial charge in [-0.25, -0.2) is 16.8 Å². The van der Waals surface area contributed by atoms with Gasteiger partial charge < -0.3 is 0 Å². The largest absolute Gasteiger partial charge is 0.284 e. The number of rotatable bonds is 5. The third-order valence-corrected chi connectivity index (χ3v) is 5.73. The van der Waals surface area contributed by atoms with Crippen LogP contribution in [0.15, 0.2) is 51.8 Å². The molecular formula is C14H15BrN2O4S2. The molecular weight excluding hydrogens is 404 g/mol. The first-order valence-electron chi connectivity index (χ1n) is 6.44. The number of sulfonamides is 2. The minimum Gasteiger partial charge on any atom is -0.284 e. The van der Waals surface area contributed by atoms with E-state index in [1.807, 2.05) is 0 Å². The van der Waals surface area contributed by atoms with Gasteiger partial charge in [-0.05, 0) is 48.9 Å². The number of aryl methyl sites for hydroxylation is 1. The molecule has 0 saturated carbocycles. The smallest absolute Gasteiger partial charge is 0.261 e. The second kappa shape index (κ2) is 6.50. The molecule has 0 aliphatic heterocycles. The van der Waals surface area contributed by atoms with Gasteiger partial charge >= 0.3 is 0 Å². The number of halogens is 1. The zero-order valence-electron chi connectivity index (χ0n) is 12.4. The summed E-state index contributed by atoms with van der Waals surface area (Å²) in [5.41, 5.74) is 1.33. The topological polar surface area (TPSA) is 92.3 Å². The van der Waals surface area contributed by atoms with E-state index in [0.717, 1.165) is 16.3 Å². The zero-order valence-corrected chi connectivity index (χ0v) is 15.6. The van der Waals surface area contributed by atoms with E-state index in [2.05, 4.69) is 25.4 Å². The summed E-state index contributed by atoms with van der Waals surface area (Å²) in [6.07, 6.45) is 1.02. The van der Waals surface area contributed by atoms with Crippen LogP contribution in [0.3, 0.4) is 0 Å². The van der Waals surface area contributed by atoms with Crippen molar-refractivity contribution in [3.63, 3.8) is 0 Å². The van der Waals surface area contributed by atoms with E-state index in [-0.39, 0.29) is 16.3 Å². The third kappa shape index (κ3) is 4.95. The highest BCUT2D eigenvalue weighted by molar-refractivity contribution is 9.10. The fourth-order valence-corrected chi connectivity index (χ4v) is 3.79. The van der Waals surface area contributed by atoms with E-state index in [1.165, 1.54) is 24.3 Å². The van der Waals surface area contributed by atoms with Crippen LogP contribution in [0.2, 0.25) is 0 Å². The van der Waals surface area contributed by atoms with Crippen LogP contribution in [0.5, 0.6) is 0 Å². The molecule has 2 rings (SSSR count). The van der Waals surface area contributed by atoms with Crippen LogP contribution >= 0.6 is 15.9 Å². The van der Waals surface area contributed by atoms with Crippen molar-refractivity contribution < 1.29 is 16.8 Å². The maximum atomic E-state index is 12.4. The number of benzene rings is 2. The molecule has 0 atom stereocenters. The van der Waals surface area contributed by atoms with Gasteiger partial charge in [-0.2, -0.15) is 0 Å². The second-order valence-electron chi connectivity index (χ2n) is 4.97. The standard InChI is InChI=1S/C14H15BrN2O4S2/c1-10-8-13(6-7-14(10)15)23(20,21)17-12-5-3-4-11(9-12)16-22(2,18)19/h3-9,16-17H,1-2H3. The van der Waals surface area contributed by atoms with Crippen molar-refractivity contribution in [1.82, 2.24) is 0 Å². The Morgan fingerprint density at radius 3 is 2.09 bits per heavy atom. The Morgan fingerprint density at radius 1 is 0.913 bits per heavy atom. The third-order valence-electron chi connectivity index (χ3n) is 2.86. The first-order chi connectivity index (χ1) is 10.6. The van der Waals surface area contributed by atoms with Gasteiger partial charge in [-0.1, -0.05) is 22.0 Å². The molecule has 0 fully saturated rings. The van der Waals surface area contributed by atoms with E-state index in [1.54, 1.807) is 25.1 Å². The molecule has 0 amide bonds. The first kappa shape index (κ1) is 17.8. The van der Waals surface area contributed by atoms with Crippen LogP contribution in [0, 0.1) is 6.92 Å². The second-order valence-corrected chi connectivity index (χ2v) is 9.26. The van der Waals surface area contributed by atoms with E-state index < -0.39 is 20.0 Å². The lowest BCUT2D eigenvalue weighted by Gasteiger charge is -2.11. The van der Waals surface area contributed by atoms with Gasteiger partial charge in [0.05, 0.1) is 22.5 Å². The van der Waals surface area contributed by atoms with Crippen molar-refractivity contribution >= 4 is 47.4 Å². The van der Waals surface area contributed by atoms with Crippen molar-refractivity contribution in [2.24, 2.45) is 0 Å². The summed E-state index contributed by atoms with van der Waals surface area (Å²) >= 11 is 3.32. The Kier molecular flexibility index (Phi) is 5.02. The summed E-state index contributed by atoms with van der Waals surface area (Å²) in [4.78, 5) is 0.125. The van der Waals surface area contributed by atoms with Crippen LogP contribution < -0.4 is 9.44 Å². The predicted molar refractivity (Wildman–Crippen MR) is 94.6 cm³/mol. The molecule has 0 spiro atoms. The molecule has 0 aliphatic carbocycles. The van der Waals surface area contributed by atoms with Crippen LogP contribution in [0.1, 0.15) is 5.56 Å². The first-order valence-corrected chi connectivity index (χ1v) is 10.6. The lowest BCUT2D eigenvalue weighted by molar-refractivity contribution is 0.600. The summed E-state index contributed by atoms with van der Waals surface area (Å²) in [6, 6.07) is 10.7. The van der Waals surface area contributed by atoms with Crippen molar-refractivity contribution in [2.45, 2.75) is 11.8 Å². The molecule has 0 aromatic heterocycles. The molecule has 0 heterocycles. The van der Waals surface area contributed by atoms with Crippen molar-refractivity contribution in [1.29, 1.82) is 0 Å². The quantitative estimate of drug-likeness (QED) is 0.780. The Hall–Kier alpha value is -1.58. The van der Waals surface area contributed by atoms with E-state index in [9.17, 15) is 16.8 Å². The zero-order chi connectivity index (χ0) is 17.3. The molecule has 9 heteroatoms. The Morgan fingerprint density at radius 2 is 1.52 bits per heavy atom. The maximum absolute atomic E-state index is 12.4. The molecule has 0 aliphatic rings. The van der Waals surface area contributed by atoms with E-state index in [4.69, 9.17) is 0 Å². The highest BCUT2D eigenvalue weighted by Crippen LogP contribution is 2.23. The molecule has 0 radical (unpaired) electrons. The number of hydrogen-bond acceptors (Lipinski definition) is 4. The highest BCUT2D eigenvalue weighted by Gasteiger charge is 2.15. The van der Waals surface area contributed by atoms with Gasteiger partial charge in [-0.3, -0.25) is 9.44 Å². The van der Waals surface area contributed by atoms with Gasteiger partial charge in [0.25, 0.3) is 10.0 Å². The van der Waals surface area contributed by atoms with Crippen LogP contribution in [0.25, 0.3) is 0 Å². The molecule has 23 heavy (non-hydrogen) atoms. The van der Waals surface area contributed by atoms with Gasteiger partial charge in [0.15, 0.2) is 0 Å². The van der Waals surface area contributed by atoms with Gasteiger partial charge in [-0.15, -0.1) is 0 Å². The summed E-state index contributed by atoms with van der Waals surface area (Å²) in [5, 5.41) is 0. The maximum Gasteiger partial charge on any atom is 0.261 e. The minimum atomic E-state index is -3.76. The number of anilines is 2. The molecule has 2 N–H and O–H groups in total. The Bertz CT molecular complexity index is 941. The summed E-state index contributed by atoms with van der Waals surface area (Å²) < 4.78 is 52.8. The normalized spacial score (nSPS) is 12.0. The average Bonchev–Trinajstić information content (AvgIpc) is 2.39. The molecule has 124 valence electrons. The fraction of sp³-hybridized carbons (Fsp3) is 0.143. The predicted octanol–water partition coefficient (Wildman–Crippen LogP) is 2.93. The van der Waals surface area contributed by atoms with Crippen LogP contribution in [-0.4, -0.2) is 23.1 Å². The molecule has 0 unspecified atom stereocenters. The lowest BCUT2D eigenvalue weighted by atomic mass is 10.2. The van der Waals surface area contributed by atoms with Gasteiger partial charge in [0.1, 0.15) is 0 Å². The van der Waals surface area contributed by atoms with E-state index >= 15 is 0 Å². The van der Waals surface area contributed by atoms with Crippen LogP contribution in [0.4, 0.5) is 11.4 Å². The molecule has 6 nitrogen and oxygen atoms in total. The average molecular weight is 419 g/mol. The summed E-state index contributed by atoms with van der Waals surface area (Å²) in [5.74, 6) is 0. The fourth-order valence-electron chi connectivity index (χ4n) is 1.86. The summed E-state index contributed by atoms with van der Waals surface area (Å²) in [6.45, 7) is 1.79. The Balaban J connectivity index is 2.30. The highest BCUT2D eigenvalue weighted by atomic mass is 79.9. The van der Waals surface area contributed by atoms with Crippen molar-refractivity contribution in [3.05, 3.63) is 52.5 Å². The molecule has 0 saturated heterocycles. The van der Waals surface area contributed by atoms with Gasteiger partial charge in [0.2, 0.25) is 10.0 Å². The number of nitrogens with one attached hydrogen (secondary N) is 2. The van der Waals surface area contributed by atoms with Crippen molar-refractivity contribution in [2.75, 3.05) is 15.7 Å². The monoisotopic (exact) mass is 418 g/mol. The Labute approximate surface area is 144 Å². The molecule has 2 aromatic carbocycles. The van der Waals surface area contributed by atoms with Gasteiger partial charge in [0, 0.05) is 4.47 Å². The number of hydrogen-bond donors (Lipinski definition) is 2. The minimum absolute atomic E-state index is 0.125. The van der Waals surface area contributed by atoms with Crippen LogP contribution in [-0.2, 0) is 20.0 Å². The lowest BCUT2D eigenvalue weighted by Crippen LogP contribution is -2.14. The summed E-state index contributed by atoms with van der Waals surface area (Å²) in [7, 11) is -7.19.